The standard InChI is InChI=1S/C9H9NO3.Na/c11-8(12)9(5-13-6-9)7-3-1-2-4-10-7;/h1-4H,5-6H2,(H,11,12);/q;+1/p-1. The van der Waals surface area contributed by atoms with Gasteiger partial charge in [-0.05, 0) is 12.1 Å². The molecule has 68 valence electrons. The smallest absolute Gasteiger partial charge is 0.549 e. The molecule has 0 atom stereocenters. The summed E-state index contributed by atoms with van der Waals surface area (Å²) in [4.78, 5) is 14.9. The van der Waals surface area contributed by atoms with Crippen molar-refractivity contribution in [1.82, 2.24) is 4.98 Å². The minimum atomic E-state index is -1.11. The molecule has 0 saturated carbocycles. The van der Waals surface area contributed by atoms with E-state index >= 15 is 0 Å². The summed E-state index contributed by atoms with van der Waals surface area (Å²) in [5.74, 6) is -1.11. The van der Waals surface area contributed by atoms with Gasteiger partial charge in [-0.2, -0.15) is 0 Å². The Morgan fingerprint density at radius 1 is 1.50 bits per heavy atom. The molecule has 2 rings (SSSR count). The molecular formula is C9H8NNaO3. The van der Waals surface area contributed by atoms with Crippen LogP contribution in [0.25, 0.3) is 0 Å². The molecule has 14 heavy (non-hydrogen) atoms. The first kappa shape index (κ1) is 11.7. The number of carbonyl (C=O) groups excluding carboxylic acids is 1. The maximum absolute atomic E-state index is 10.9. The first-order valence-electron chi connectivity index (χ1n) is 3.96. The van der Waals surface area contributed by atoms with Crippen molar-refractivity contribution in [3.05, 3.63) is 30.1 Å². The van der Waals surface area contributed by atoms with Gasteiger partial charge in [0.1, 0.15) is 0 Å². The van der Waals surface area contributed by atoms with Crippen LogP contribution in [0.5, 0.6) is 0 Å². The molecule has 0 amide bonds. The fourth-order valence-electron chi connectivity index (χ4n) is 1.32. The molecule has 2 heterocycles. The van der Waals surface area contributed by atoms with Crippen LogP contribution >= 0.6 is 0 Å². The molecule has 1 aliphatic rings. The Balaban J connectivity index is 0.000000980. The Morgan fingerprint density at radius 3 is 2.57 bits per heavy atom. The predicted molar refractivity (Wildman–Crippen MR) is 41.7 cm³/mol. The Kier molecular flexibility index (Phi) is 3.66. The molecule has 0 spiro atoms. The summed E-state index contributed by atoms with van der Waals surface area (Å²) in [5.41, 5.74) is -0.498. The van der Waals surface area contributed by atoms with E-state index < -0.39 is 11.4 Å². The summed E-state index contributed by atoms with van der Waals surface area (Å²) in [7, 11) is 0. The van der Waals surface area contributed by atoms with Crippen LogP contribution in [0.2, 0.25) is 0 Å². The molecular weight excluding hydrogens is 193 g/mol. The number of aliphatic carboxylic acids is 1. The third-order valence-electron chi connectivity index (χ3n) is 2.24. The SMILES string of the molecule is O=C([O-])C1(c2ccccn2)COC1.[Na+]. The molecule has 0 N–H and O–H groups in total. The minimum absolute atomic E-state index is 0. The van der Waals surface area contributed by atoms with E-state index in [0.29, 0.717) is 5.69 Å². The van der Waals surface area contributed by atoms with E-state index in [4.69, 9.17) is 4.74 Å². The van der Waals surface area contributed by atoms with Crippen molar-refractivity contribution in [3.8, 4) is 0 Å². The number of carboxylic acids is 1. The molecule has 0 unspecified atom stereocenters. The Bertz CT molecular complexity index is 324. The average Bonchev–Trinajstić information content (AvgIpc) is 2.03. The largest absolute Gasteiger partial charge is 1.00 e. The Hall–Kier alpha value is -0.420. The summed E-state index contributed by atoms with van der Waals surface area (Å²) in [6.45, 7) is 0.318. The van der Waals surface area contributed by atoms with Crippen molar-refractivity contribution in [2.45, 2.75) is 5.41 Å². The van der Waals surface area contributed by atoms with Gasteiger partial charge in [-0.1, -0.05) is 6.07 Å². The second-order valence-corrected chi connectivity index (χ2v) is 3.08. The monoisotopic (exact) mass is 201 g/mol. The van der Waals surface area contributed by atoms with Gasteiger partial charge in [0.05, 0.1) is 30.3 Å². The van der Waals surface area contributed by atoms with E-state index in [-0.39, 0.29) is 42.8 Å². The number of carbonyl (C=O) groups is 1. The van der Waals surface area contributed by atoms with Gasteiger partial charge < -0.3 is 14.6 Å². The third kappa shape index (κ3) is 1.70. The molecule has 0 bridgehead atoms. The average molecular weight is 201 g/mol. The summed E-state index contributed by atoms with van der Waals surface area (Å²) >= 11 is 0. The topological polar surface area (TPSA) is 62.2 Å². The summed E-state index contributed by atoms with van der Waals surface area (Å²) < 4.78 is 4.89. The molecule has 0 aromatic carbocycles. The van der Waals surface area contributed by atoms with Crippen LogP contribution in [0.15, 0.2) is 24.4 Å². The van der Waals surface area contributed by atoms with E-state index in [2.05, 4.69) is 4.98 Å². The molecule has 1 aromatic rings. The van der Waals surface area contributed by atoms with Crippen LogP contribution in [0.4, 0.5) is 0 Å². The Morgan fingerprint density at radius 2 is 2.21 bits per heavy atom. The van der Waals surface area contributed by atoms with Gasteiger partial charge in [0, 0.05) is 6.20 Å². The van der Waals surface area contributed by atoms with E-state index in [9.17, 15) is 9.90 Å². The summed E-state index contributed by atoms with van der Waals surface area (Å²) in [6, 6.07) is 5.18. The van der Waals surface area contributed by atoms with E-state index in [1.165, 1.54) is 0 Å². The van der Waals surface area contributed by atoms with Crippen LogP contribution in [-0.2, 0) is 14.9 Å². The van der Waals surface area contributed by atoms with E-state index in [1.54, 1.807) is 24.4 Å². The predicted octanol–water partition coefficient (Wildman–Crippen LogP) is -3.90. The molecule has 1 saturated heterocycles. The second kappa shape index (κ2) is 4.40. The van der Waals surface area contributed by atoms with E-state index in [0.717, 1.165) is 0 Å². The second-order valence-electron chi connectivity index (χ2n) is 3.08. The van der Waals surface area contributed by atoms with Crippen LogP contribution in [-0.4, -0.2) is 24.2 Å². The normalized spacial score (nSPS) is 17.7. The third-order valence-corrected chi connectivity index (χ3v) is 2.24. The number of hydrogen-bond donors (Lipinski definition) is 0. The number of nitrogens with zero attached hydrogens (tertiary/aromatic N) is 1. The summed E-state index contributed by atoms with van der Waals surface area (Å²) in [5, 5.41) is 10.9. The van der Waals surface area contributed by atoms with Gasteiger partial charge >= 0.3 is 29.6 Å². The fourth-order valence-corrected chi connectivity index (χ4v) is 1.32. The zero-order chi connectivity index (χ0) is 9.31. The Labute approximate surface area is 104 Å². The number of ether oxygens (including phenoxy) is 1. The van der Waals surface area contributed by atoms with Gasteiger partial charge in [-0.3, -0.25) is 4.98 Å². The fraction of sp³-hybridized carbons (Fsp3) is 0.333. The van der Waals surface area contributed by atoms with Gasteiger partial charge in [0.25, 0.3) is 0 Å². The number of carboxylic acid groups (broad SMARTS) is 1. The van der Waals surface area contributed by atoms with Crippen LogP contribution < -0.4 is 34.7 Å². The van der Waals surface area contributed by atoms with Gasteiger partial charge in [0.2, 0.25) is 0 Å². The molecule has 0 radical (unpaired) electrons. The first-order valence-corrected chi connectivity index (χ1v) is 3.96. The van der Waals surface area contributed by atoms with Gasteiger partial charge in [-0.15, -0.1) is 0 Å². The van der Waals surface area contributed by atoms with Crippen molar-refractivity contribution >= 4 is 5.97 Å². The van der Waals surface area contributed by atoms with Crippen LogP contribution in [0.1, 0.15) is 5.69 Å². The minimum Gasteiger partial charge on any atom is -0.549 e. The van der Waals surface area contributed by atoms with Crippen molar-refractivity contribution in [1.29, 1.82) is 0 Å². The number of rotatable bonds is 2. The zero-order valence-corrected chi connectivity index (χ0v) is 9.90. The van der Waals surface area contributed by atoms with Gasteiger partial charge in [0.15, 0.2) is 0 Å². The van der Waals surface area contributed by atoms with Crippen LogP contribution in [0.3, 0.4) is 0 Å². The quantitative estimate of drug-likeness (QED) is 0.459. The molecule has 1 aliphatic heterocycles. The van der Waals surface area contributed by atoms with Crippen molar-refractivity contribution in [2.24, 2.45) is 0 Å². The summed E-state index contributed by atoms with van der Waals surface area (Å²) in [6.07, 6.45) is 1.57. The van der Waals surface area contributed by atoms with Crippen molar-refractivity contribution < 1.29 is 44.2 Å². The van der Waals surface area contributed by atoms with Crippen molar-refractivity contribution in [2.75, 3.05) is 13.2 Å². The van der Waals surface area contributed by atoms with E-state index in [1.807, 2.05) is 0 Å². The van der Waals surface area contributed by atoms with Crippen molar-refractivity contribution in [3.63, 3.8) is 0 Å². The molecule has 1 fully saturated rings. The molecule has 4 nitrogen and oxygen atoms in total. The number of aromatic nitrogens is 1. The maximum atomic E-state index is 10.9. The first-order chi connectivity index (χ1) is 6.26. The van der Waals surface area contributed by atoms with Gasteiger partial charge in [-0.25, -0.2) is 0 Å². The number of hydrogen-bond acceptors (Lipinski definition) is 4. The molecule has 5 heteroatoms. The molecule has 1 aromatic heterocycles. The zero-order valence-electron chi connectivity index (χ0n) is 7.90. The maximum Gasteiger partial charge on any atom is 1.00 e. The van der Waals surface area contributed by atoms with Crippen LogP contribution in [0, 0.1) is 0 Å². The molecule has 0 aliphatic carbocycles. The number of pyridine rings is 1.